The van der Waals surface area contributed by atoms with Gasteiger partial charge in [-0.2, -0.15) is 4.31 Å². The molecule has 2 heterocycles. The molecule has 2 aliphatic heterocycles. The highest BCUT2D eigenvalue weighted by atomic mass is 79.9. The van der Waals surface area contributed by atoms with Crippen LogP contribution >= 0.6 is 27.5 Å². The number of carbonyl (C=O) groups is 1. The van der Waals surface area contributed by atoms with Gasteiger partial charge in [0.1, 0.15) is 17.2 Å². The summed E-state index contributed by atoms with van der Waals surface area (Å²) in [4.78, 5) is 24.7. The minimum absolute atomic E-state index is 0.00769. The van der Waals surface area contributed by atoms with Crippen molar-refractivity contribution in [3.05, 3.63) is 56.4 Å². The standard InChI is InChI=1S/C19H17BrClN3O5S/c20-13-1-4-17-12(9-13)11-29-19(25)24(17)15-5-7-23(8-6-15)30(27,28)18-10-14(22-26)2-3-16(18)21/h1-4,9-10,15H,5-8,11H2. The van der Waals surface area contributed by atoms with Gasteiger partial charge in [0.05, 0.1) is 10.7 Å². The van der Waals surface area contributed by atoms with Crippen molar-refractivity contribution in [1.29, 1.82) is 0 Å². The number of carbonyl (C=O) groups excluding carboxylic acids is 1. The molecular weight excluding hydrogens is 498 g/mol. The van der Waals surface area contributed by atoms with Gasteiger partial charge in [-0.3, -0.25) is 4.90 Å². The fourth-order valence-corrected chi connectivity index (χ4v) is 6.16. The molecule has 0 aromatic heterocycles. The van der Waals surface area contributed by atoms with E-state index in [0.717, 1.165) is 15.7 Å². The molecule has 0 spiro atoms. The van der Waals surface area contributed by atoms with Gasteiger partial charge < -0.3 is 4.74 Å². The van der Waals surface area contributed by atoms with Crippen molar-refractivity contribution in [3.63, 3.8) is 0 Å². The van der Waals surface area contributed by atoms with Gasteiger partial charge in [-0.1, -0.05) is 27.5 Å². The topological polar surface area (TPSA) is 96.4 Å². The Morgan fingerprint density at radius 1 is 1.13 bits per heavy atom. The molecule has 11 heteroatoms. The molecule has 2 aromatic rings. The minimum Gasteiger partial charge on any atom is -0.444 e. The molecule has 2 aromatic carbocycles. The first-order valence-electron chi connectivity index (χ1n) is 9.19. The first-order valence-corrected chi connectivity index (χ1v) is 11.8. The van der Waals surface area contributed by atoms with E-state index in [4.69, 9.17) is 16.3 Å². The Bertz CT molecular complexity index is 1120. The van der Waals surface area contributed by atoms with Gasteiger partial charge in [-0.15, -0.1) is 4.91 Å². The summed E-state index contributed by atoms with van der Waals surface area (Å²) in [6, 6.07) is 9.32. The number of halogens is 2. The maximum Gasteiger partial charge on any atom is 0.414 e. The number of hydrogen-bond donors (Lipinski definition) is 0. The Kier molecular flexibility index (Phi) is 5.84. The maximum atomic E-state index is 13.0. The first-order chi connectivity index (χ1) is 14.3. The molecule has 1 amide bonds. The van der Waals surface area contributed by atoms with Crippen molar-refractivity contribution < 1.29 is 17.9 Å². The molecule has 0 unspecified atom stereocenters. The lowest BCUT2D eigenvalue weighted by atomic mass is 10.0. The van der Waals surface area contributed by atoms with Crippen LogP contribution in [0.5, 0.6) is 0 Å². The highest BCUT2D eigenvalue weighted by Gasteiger charge is 2.37. The lowest BCUT2D eigenvalue weighted by molar-refractivity contribution is 0.135. The van der Waals surface area contributed by atoms with Crippen LogP contribution in [0.1, 0.15) is 18.4 Å². The van der Waals surface area contributed by atoms with Gasteiger partial charge in [0, 0.05) is 29.2 Å². The van der Waals surface area contributed by atoms with Crippen LogP contribution in [0.25, 0.3) is 0 Å². The van der Waals surface area contributed by atoms with Gasteiger partial charge >= 0.3 is 6.09 Å². The molecule has 4 rings (SSSR count). The van der Waals surface area contributed by atoms with Crippen molar-refractivity contribution in [2.75, 3.05) is 18.0 Å². The van der Waals surface area contributed by atoms with Crippen molar-refractivity contribution in [1.82, 2.24) is 4.31 Å². The number of sulfonamides is 1. The van der Waals surface area contributed by atoms with Crippen molar-refractivity contribution in [2.24, 2.45) is 5.18 Å². The van der Waals surface area contributed by atoms with E-state index >= 15 is 0 Å². The lowest BCUT2D eigenvalue weighted by Crippen LogP contribution is -2.50. The van der Waals surface area contributed by atoms with E-state index in [0.29, 0.717) is 12.8 Å². The van der Waals surface area contributed by atoms with E-state index in [-0.39, 0.29) is 41.3 Å². The third-order valence-corrected chi connectivity index (χ3v) is 8.15. The molecule has 0 atom stereocenters. The number of cyclic esters (lactones) is 1. The smallest absolute Gasteiger partial charge is 0.414 e. The average molecular weight is 515 g/mol. The quantitative estimate of drug-likeness (QED) is 0.546. The average Bonchev–Trinajstić information content (AvgIpc) is 2.74. The van der Waals surface area contributed by atoms with Crippen LogP contribution in [0.4, 0.5) is 16.2 Å². The van der Waals surface area contributed by atoms with Crippen molar-refractivity contribution in [2.45, 2.75) is 30.4 Å². The summed E-state index contributed by atoms with van der Waals surface area (Å²) in [6.45, 7) is 0.617. The second kappa shape index (κ2) is 8.26. The molecule has 0 aliphatic carbocycles. The highest BCUT2D eigenvalue weighted by Crippen LogP contribution is 2.35. The Balaban J connectivity index is 1.55. The van der Waals surface area contributed by atoms with Gasteiger partial charge in [-0.05, 0) is 54.4 Å². The number of benzene rings is 2. The molecule has 30 heavy (non-hydrogen) atoms. The van der Waals surface area contributed by atoms with Crippen molar-refractivity contribution in [3.8, 4) is 0 Å². The number of piperidine rings is 1. The Morgan fingerprint density at radius 3 is 2.57 bits per heavy atom. The van der Waals surface area contributed by atoms with E-state index in [1.807, 2.05) is 18.2 Å². The zero-order valence-corrected chi connectivity index (χ0v) is 18.8. The van der Waals surface area contributed by atoms with Crippen LogP contribution in [0.3, 0.4) is 0 Å². The highest BCUT2D eigenvalue weighted by molar-refractivity contribution is 9.10. The fourth-order valence-electron chi connectivity index (χ4n) is 3.78. The molecule has 0 saturated carbocycles. The predicted molar refractivity (Wildman–Crippen MR) is 115 cm³/mol. The number of nitroso groups, excluding NO2 is 1. The molecule has 2 aliphatic rings. The third-order valence-electron chi connectivity index (χ3n) is 5.28. The number of fused-ring (bicyclic) bond motifs is 1. The normalized spacial score (nSPS) is 18.1. The molecule has 158 valence electrons. The number of anilines is 1. The van der Waals surface area contributed by atoms with Gasteiger partial charge in [0.25, 0.3) is 0 Å². The van der Waals surface area contributed by atoms with E-state index in [2.05, 4.69) is 21.1 Å². The van der Waals surface area contributed by atoms with Crippen LogP contribution in [0, 0.1) is 4.91 Å². The van der Waals surface area contributed by atoms with Crippen LogP contribution in [-0.4, -0.2) is 37.9 Å². The summed E-state index contributed by atoms with van der Waals surface area (Å²) in [7, 11) is -3.90. The summed E-state index contributed by atoms with van der Waals surface area (Å²) in [5.41, 5.74) is 1.67. The minimum atomic E-state index is -3.90. The Hall–Kier alpha value is -2.01. The molecule has 0 radical (unpaired) electrons. The Labute approximate surface area is 186 Å². The van der Waals surface area contributed by atoms with Crippen LogP contribution in [0.15, 0.2) is 50.9 Å². The Morgan fingerprint density at radius 2 is 1.87 bits per heavy atom. The molecule has 1 saturated heterocycles. The summed E-state index contributed by atoms with van der Waals surface area (Å²) in [6.07, 6.45) is 0.444. The monoisotopic (exact) mass is 513 g/mol. The van der Waals surface area contributed by atoms with Gasteiger partial charge in [0.2, 0.25) is 10.0 Å². The zero-order valence-electron chi connectivity index (χ0n) is 15.6. The second-order valence-electron chi connectivity index (χ2n) is 7.04. The number of hydrogen-bond acceptors (Lipinski definition) is 6. The van der Waals surface area contributed by atoms with E-state index < -0.39 is 16.1 Å². The third kappa shape index (κ3) is 3.84. The van der Waals surface area contributed by atoms with Gasteiger partial charge in [0.15, 0.2) is 0 Å². The van der Waals surface area contributed by atoms with Gasteiger partial charge in [-0.25, -0.2) is 13.2 Å². The van der Waals surface area contributed by atoms with Crippen molar-refractivity contribution >= 4 is 55.0 Å². The zero-order chi connectivity index (χ0) is 21.5. The maximum absolute atomic E-state index is 13.0. The fraction of sp³-hybridized carbons (Fsp3) is 0.316. The van der Waals surface area contributed by atoms with Crippen LogP contribution in [0.2, 0.25) is 5.02 Å². The second-order valence-corrected chi connectivity index (χ2v) is 10.3. The van der Waals surface area contributed by atoms with E-state index in [9.17, 15) is 18.1 Å². The number of nitrogens with zero attached hydrogens (tertiary/aromatic N) is 3. The molecule has 8 nitrogen and oxygen atoms in total. The van der Waals surface area contributed by atoms with Crippen LogP contribution < -0.4 is 4.90 Å². The summed E-state index contributed by atoms with van der Waals surface area (Å²) < 4.78 is 33.6. The molecule has 0 bridgehead atoms. The van der Waals surface area contributed by atoms with E-state index in [1.165, 1.54) is 22.5 Å². The summed E-state index contributed by atoms with van der Waals surface area (Å²) in [5.74, 6) is 0. The number of ether oxygens (including phenoxy) is 1. The lowest BCUT2D eigenvalue weighted by Gasteiger charge is -2.39. The summed E-state index contributed by atoms with van der Waals surface area (Å²) in [5, 5.41) is 2.82. The SMILES string of the molecule is O=Nc1ccc(Cl)c(S(=O)(=O)N2CCC(N3C(=O)OCc4cc(Br)ccc43)CC2)c1. The first kappa shape index (κ1) is 21.2. The molecule has 0 N–H and O–H groups in total. The number of amides is 1. The number of rotatable bonds is 4. The summed E-state index contributed by atoms with van der Waals surface area (Å²) >= 11 is 9.49. The largest absolute Gasteiger partial charge is 0.444 e. The predicted octanol–water partition coefficient (Wildman–Crippen LogP) is 4.81. The van der Waals surface area contributed by atoms with E-state index in [1.54, 1.807) is 4.90 Å². The molecular formula is C19H17BrClN3O5S. The molecule has 1 fully saturated rings. The van der Waals surface area contributed by atoms with Crippen LogP contribution in [-0.2, 0) is 21.4 Å².